The summed E-state index contributed by atoms with van der Waals surface area (Å²) < 4.78 is 29.0. The van der Waals surface area contributed by atoms with Crippen molar-refractivity contribution < 1.29 is 13.2 Å². The third-order valence-corrected chi connectivity index (χ3v) is 5.66. The van der Waals surface area contributed by atoms with Crippen molar-refractivity contribution in [3.63, 3.8) is 0 Å². The van der Waals surface area contributed by atoms with Gasteiger partial charge in [-0.2, -0.15) is 13.7 Å². The molecule has 0 spiro atoms. The molecule has 0 fully saturated rings. The second-order valence-electron chi connectivity index (χ2n) is 5.07. The maximum absolute atomic E-state index is 12.5. The Bertz CT molecular complexity index is 1010. The normalized spacial score (nSPS) is 15.8. The van der Waals surface area contributed by atoms with Crippen LogP contribution in [0.1, 0.15) is 10.4 Å². The predicted molar refractivity (Wildman–Crippen MR) is 95.4 cm³/mol. The van der Waals surface area contributed by atoms with Gasteiger partial charge in [0.2, 0.25) is 0 Å². The number of benzene rings is 1. The quantitative estimate of drug-likeness (QED) is 0.891. The van der Waals surface area contributed by atoms with Gasteiger partial charge in [0.25, 0.3) is 5.91 Å². The summed E-state index contributed by atoms with van der Waals surface area (Å²) in [6.07, 6.45) is 1.44. The molecule has 9 heteroatoms. The number of carbonyl (C=O) groups excluding carboxylic acids is 1. The molecule has 1 N–H and O–H groups in total. The molecule has 25 heavy (non-hydrogen) atoms. The molecule has 7 nitrogen and oxygen atoms in total. The molecule has 126 valence electrons. The number of amides is 1. The number of anilines is 1. The van der Waals surface area contributed by atoms with E-state index in [1.807, 2.05) is 6.07 Å². The van der Waals surface area contributed by atoms with Gasteiger partial charge in [0, 0.05) is 12.7 Å². The van der Waals surface area contributed by atoms with Crippen molar-refractivity contribution in [2.24, 2.45) is 4.40 Å². The zero-order valence-corrected chi connectivity index (χ0v) is 14.6. The minimum atomic E-state index is -3.98. The molecule has 0 atom stereocenters. The van der Waals surface area contributed by atoms with Crippen molar-refractivity contribution in [1.29, 1.82) is 5.26 Å². The molecule has 3 rings (SSSR count). The molecule has 1 aromatic carbocycles. The predicted octanol–water partition coefficient (Wildman–Crippen LogP) is 2.12. The number of hydrogen-bond acceptors (Lipinski definition) is 5. The smallest absolute Gasteiger partial charge is 0.321 e. The van der Waals surface area contributed by atoms with Gasteiger partial charge in [0.05, 0.1) is 22.2 Å². The van der Waals surface area contributed by atoms with Crippen LogP contribution in [0.2, 0.25) is 0 Å². The Morgan fingerprint density at radius 1 is 1.28 bits per heavy atom. The fraction of sp³-hybridized carbons (Fsp3) is 0.0625. The Kier molecular flexibility index (Phi) is 4.39. The van der Waals surface area contributed by atoms with E-state index in [4.69, 9.17) is 5.26 Å². The van der Waals surface area contributed by atoms with Gasteiger partial charge in [-0.3, -0.25) is 4.79 Å². The Hall–Kier alpha value is -2.96. The van der Waals surface area contributed by atoms with Crippen molar-refractivity contribution in [3.05, 3.63) is 64.0 Å². The molecule has 0 saturated carbocycles. The van der Waals surface area contributed by atoms with Gasteiger partial charge < -0.3 is 5.32 Å². The summed E-state index contributed by atoms with van der Waals surface area (Å²) in [4.78, 5) is 13.2. The first kappa shape index (κ1) is 16.9. The van der Waals surface area contributed by atoms with E-state index in [1.54, 1.807) is 41.8 Å². The minimum absolute atomic E-state index is 0.0391. The van der Waals surface area contributed by atoms with Crippen LogP contribution >= 0.6 is 11.3 Å². The number of nitriles is 1. The van der Waals surface area contributed by atoms with Crippen molar-refractivity contribution in [2.45, 2.75) is 0 Å². The second kappa shape index (κ2) is 6.51. The molecular formula is C16H12N4O3S2. The van der Waals surface area contributed by atoms with E-state index in [0.29, 0.717) is 16.1 Å². The van der Waals surface area contributed by atoms with Gasteiger partial charge in [-0.05, 0) is 41.8 Å². The van der Waals surface area contributed by atoms with E-state index in [2.05, 4.69) is 9.71 Å². The number of allylic oxidation sites excluding steroid dienone is 1. The van der Waals surface area contributed by atoms with Crippen molar-refractivity contribution in [3.8, 4) is 6.07 Å². The average molecular weight is 372 g/mol. The van der Waals surface area contributed by atoms with Crippen LogP contribution in [-0.2, 0) is 15.0 Å². The Labute approximate surface area is 148 Å². The monoisotopic (exact) mass is 372 g/mol. The highest BCUT2D eigenvalue weighted by atomic mass is 32.2. The fourth-order valence-electron chi connectivity index (χ4n) is 2.13. The molecule has 1 amide bonds. The summed E-state index contributed by atoms with van der Waals surface area (Å²) in [7, 11) is -2.71. The van der Waals surface area contributed by atoms with Crippen LogP contribution in [0.15, 0.2) is 57.9 Å². The summed E-state index contributed by atoms with van der Waals surface area (Å²) in [5.41, 5.74) is 1.10. The van der Waals surface area contributed by atoms with Gasteiger partial charge in [0.15, 0.2) is 0 Å². The highest BCUT2D eigenvalue weighted by Crippen LogP contribution is 2.23. The summed E-state index contributed by atoms with van der Waals surface area (Å²) >= 11 is 1.33. The molecule has 1 aromatic heterocycles. The first-order valence-electron chi connectivity index (χ1n) is 7.06. The van der Waals surface area contributed by atoms with E-state index in [9.17, 15) is 13.2 Å². The van der Waals surface area contributed by atoms with E-state index in [0.717, 1.165) is 4.31 Å². The summed E-state index contributed by atoms with van der Waals surface area (Å²) in [6, 6.07) is 11.8. The molecule has 2 aromatic rings. The SMILES string of the molecule is CN1C(C(=O)Nc2ccc(C#N)cc2)=CC(c2cccs2)=NS1(=O)=O. The number of likely N-dealkylation sites (N-methyl/N-ethyl adjacent to an activating group) is 1. The van der Waals surface area contributed by atoms with Crippen LogP contribution in [0.5, 0.6) is 0 Å². The third kappa shape index (κ3) is 3.45. The molecule has 1 aliphatic heterocycles. The molecular weight excluding hydrogens is 360 g/mol. The first-order chi connectivity index (χ1) is 11.9. The van der Waals surface area contributed by atoms with Gasteiger partial charge in [-0.1, -0.05) is 6.07 Å². The number of carbonyl (C=O) groups is 1. The van der Waals surface area contributed by atoms with E-state index in [1.165, 1.54) is 24.5 Å². The van der Waals surface area contributed by atoms with Crippen molar-refractivity contribution >= 4 is 38.9 Å². The average Bonchev–Trinajstić information content (AvgIpc) is 3.12. The topological polar surface area (TPSA) is 103 Å². The van der Waals surface area contributed by atoms with Gasteiger partial charge in [-0.25, -0.2) is 4.31 Å². The molecule has 0 bridgehead atoms. The van der Waals surface area contributed by atoms with Gasteiger partial charge in [-0.15, -0.1) is 15.7 Å². The van der Waals surface area contributed by atoms with Crippen molar-refractivity contribution in [1.82, 2.24) is 4.31 Å². The molecule has 0 unspecified atom stereocenters. The maximum atomic E-state index is 12.5. The number of nitrogens with zero attached hydrogens (tertiary/aromatic N) is 3. The number of hydrogen-bond donors (Lipinski definition) is 1. The van der Waals surface area contributed by atoms with Crippen LogP contribution in [0.4, 0.5) is 5.69 Å². The fourth-order valence-corrected chi connectivity index (χ4v) is 3.78. The Morgan fingerprint density at radius 3 is 2.60 bits per heavy atom. The van der Waals surface area contributed by atoms with E-state index in [-0.39, 0.29) is 11.4 Å². The molecule has 2 heterocycles. The third-order valence-electron chi connectivity index (χ3n) is 3.45. The lowest BCUT2D eigenvalue weighted by atomic mass is 10.2. The lowest BCUT2D eigenvalue weighted by Gasteiger charge is -2.23. The molecule has 1 aliphatic rings. The van der Waals surface area contributed by atoms with Crippen LogP contribution in [0.3, 0.4) is 0 Å². The number of thiophene rings is 1. The highest BCUT2D eigenvalue weighted by molar-refractivity contribution is 7.88. The maximum Gasteiger partial charge on any atom is 0.345 e. The summed E-state index contributed by atoms with van der Waals surface area (Å²) in [5, 5.41) is 13.2. The van der Waals surface area contributed by atoms with Crippen LogP contribution in [-0.4, -0.2) is 31.4 Å². The minimum Gasteiger partial charge on any atom is -0.321 e. The zero-order chi connectivity index (χ0) is 18.0. The highest BCUT2D eigenvalue weighted by Gasteiger charge is 2.30. The second-order valence-corrected chi connectivity index (χ2v) is 7.65. The van der Waals surface area contributed by atoms with E-state index >= 15 is 0 Å². The van der Waals surface area contributed by atoms with Gasteiger partial charge >= 0.3 is 10.2 Å². The van der Waals surface area contributed by atoms with Crippen LogP contribution in [0.25, 0.3) is 0 Å². The van der Waals surface area contributed by atoms with Crippen LogP contribution in [0, 0.1) is 11.3 Å². The summed E-state index contributed by atoms with van der Waals surface area (Å²) in [6.45, 7) is 0. The van der Waals surface area contributed by atoms with E-state index < -0.39 is 16.1 Å². The molecule has 0 saturated heterocycles. The lowest BCUT2D eigenvalue weighted by Crippen LogP contribution is -2.35. The van der Waals surface area contributed by atoms with Crippen molar-refractivity contribution in [2.75, 3.05) is 12.4 Å². The molecule has 0 aliphatic carbocycles. The molecule has 0 radical (unpaired) electrons. The largest absolute Gasteiger partial charge is 0.345 e. The lowest BCUT2D eigenvalue weighted by molar-refractivity contribution is -0.113. The zero-order valence-electron chi connectivity index (χ0n) is 13.0. The number of rotatable bonds is 3. The summed E-state index contributed by atoms with van der Waals surface area (Å²) in [5.74, 6) is -0.584. The van der Waals surface area contributed by atoms with Crippen LogP contribution < -0.4 is 5.32 Å². The van der Waals surface area contributed by atoms with Gasteiger partial charge in [0.1, 0.15) is 5.70 Å². The standard InChI is InChI=1S/C16H12N4O3S2/c1-20-14(16(21)18-12-6-4-11(10-17)5-7-12)9-13(19-25(20,22)23)15-3-2-8-24-15/h2-9H,1H3,(H,18,21). The first-order valence-corrected chi connectivity index (χ1v) is 9.34. The Morgan fingerprint density at radius 2 is 2.00 bits per heavy atom. The number of nitrogens with one attached hydrogen (secondary N) is 1. The Balaban J connectivity index is 1.92.